The third-order valence-electron chi connectivity index (χ3n) is 4.87. The van der Waals surface area contributed by atoms with Crippen molar-refractivity contribution in [3.8, 4) is 17.6 Å². The molecule has 0 saturated heterocycles. The maximum absolute atomic E-state index is 12.7. The van der Waals surface area contributed by atoms with Crippen LogP contribution in [0.25, 0.3) is 17.6 Å². The van der Waals surface area contributed by atoms with Gasteiger partial charge >= 0.3 is 6.18 Å². The van der Waals surface area contributed by atoms with Crippen LogP contribution in [0.3, 0.4) is 0 Å². The van der Waals surface area contributed by atoms with Crippen molar-refractivity contribution in [3.05, 3.63) is 34.7 Å². The van der Waals surface area contributed by atoms with Crippen LogP contribution < -0.4 is 0 Å². The average Bonchev–Trinajstić information content (AvgIpc) is 3.39. The van der Waals surface area contributed by atoms with Crippen LogP contribution in [0.4, 0.5) is 13.2 Å². The predicted octanol–water partition coefficient (Wildman–Crippen LogP) is 3.97. The molecular formula is C18H16ClF3N4O2S. The van der Waals surface area contributed by atoms with Gasteiger partial charge in [0.05, 0.1) is 34.0 Å². The molecule has 11 heteroatoms. The first-order valence-electron chi connectivity index (χ1n) is 8.56. The summed E-state index contributed by atoms with van der Waals surface area (Å²) in [5.74, 6) is -0.134. The fourth-order valence-corrected chi connectivity index (χ4v) is 4.01. The van der Waals surface area contributed by atoms with Crippen molar-refractivity contribution in [1.82, 2.24) is 14.5 Å². The van der Waals surface area contributed by atoms with Crippen LogP contribution >= 0.6 is 11.6 Å². The Balaban J connectivity index is 2.16. The molecule has 0 atom stereocenters. The number of alkyl halides is 3. The van der Waals surface area contributed by atoms with Crippen molar-refractivity contribution in [2.24, 2.45) is 7.05 Å². The minimum atomic E-state index is -4.71. The molecule has 0 bridgehead atoms. The van der Waals surface area contributed by atoms with Crippen LogP contribution in [0.15, 0.2) is 28.4 Å². The number of hydrogen-bond donors (Lipinski definition) is 0. The summed E-state index contributed by atoms with van der Waals surface area (Å²) in [6, 6.07) is 3.61. The van der Waals surface area contributed by atoms with Gasteiger partial charge in [-0.25, -0.2) is 13.4 Å². The van der Waals surface area contributed by atoms with Crippen LogP contribution in [-0.4, -0.2) is 34.9 Å². The van der Waals surface area contributed by atoms with Crippen LogP contribution in [0.5, 0.6) is 0 Å². The van der Waals surface area contributed by atoms with E-state index < -0.39 is 26.5 Å². The summed E-state index contributed by atoms with van der Waals surface area (Å²) in [6.07, 6.45) is -0.202. The topological polar surface area (TPSA) is 88.6 Å². The molecule has 0 spiro atoms. The molecule has 1 saturated carbocycles. The number of pyridine rings is 1. The molecule has 0 amide bonds. The normalized spacial score (nSPS) is 16.5. The van der Waals surface area contributed by atoms with Gasteiger partial charge in [0, 0.05) is 13.2 Å². The Labute approximate surface area is 170 Å². The molecule has 2 aromatic heterocycles. The summed E-state index contributed by atoms with van der Waals surface area (Å²) in [7, 11) is -2.31. The van der Waals surface area contributed by atoms with E-state index in [0.29, 0.717) is 24.5 Å². The third kappa shape index (κ3) is 3.89. The first-order chi connectivity index (χ1) is 13.4. The fraction of sp³-hybridized carbons (Fsp3) is 0.389. The number of sulfone groups is 1. The SMILES string of the molecule is CCS(=O)(=O)c1cc(C2(C#N)CC2)cnc1-c1ncc(/C=C(\Cl)C(F)(F)F)n1C. The summed E-state index contributed by atoms with van der Waals surface area (Å²) in [4.78, 5) is 8.18. The molecule has 1 fully saturated rings. The zero-order chi connectivity index (χ0) is 21.6. The van der Waals surface area contributed by atoms with Gasteiger partial charge in [0.15, 0.2) is 15.7 Å². The van der Waals surface area contributed by atoms with Crippen LogP contribution in [0, 0.1) is 11.3 Å². The maximum atomic E-state index is 12.7. The molecule has 3 rings (SSSR count). The quantitative estimate of drug-likeness (QED) is 0.696. The smallest absolute Gasteiger partial charge is 0.326 e. The highest BCUT2D eigenvalue weighted by Crippen LogP contribution is 2.48. The van der Waals surface area contributed by atoms with Gasteiger partial charge in [-0.2, -0.15) is 18.4 Å². The minimum absolute atomic E-state index is 0.00891. The van der Waals surface area contributed by atoms with Crippen molar-refractivity contribution < 1.29 is 21.6 Å². The number of aromatic nitrogens is 3. The Kier molecular flexibility index (Phi) is 5.26. The number of rotatable bonds is 5. The number of hydrogen-bond acceptors (Lipinski definition) is 5. The lowest BCUT2D eigenvalue weighted by Gasteiger charge is -2.13. The first-order valence-corrected chi connectivity index (χ1v) is 10.6. The molecule has 0 aromatic carbocycles. The van der Waals surface area contributed by atoms with Crippen molar-refractivity contribution in [2.45, 2.75) is 36.3 Å². The molecule has 6 nitrogen and oxygen atoms in total. The molecule has 0 N–H and O–H groups in total. The van der Waals surface area contributed by atoms with Gasteiger partial charge in [-0.05, 0) is 30.5 Å². The second-order valence-electron chi connectivity index (χ2n) is 6.72. The molecule has 2 aromatic rings. The molecule has 1 aliphatic rings. The second-order valence-corrected chi connectivity index (χ2v) is 9.38. The molecule has 0 radical (unpaired) electrons. The molecule has 154 valence electrons. The number of halogens is 4. The summed E-state index contributed by atoms with van der Waals surface area (Å²) >= 11 is 5.29. The highest BCUT2D eigenvalue weighted by Gasteiger charge is 2.46. The lowest BCUT2D eigenvalue weighted by molar-refractivity contribution is -0.0837. The average molecular weight is 445 g/mol. The molecule has 0 unspecified atom stereocenters. The Hall–Kier alpha value is -2.38. The Morgan fingerprint density at radius 1 is 1.38 bits per heavy atom. The van der Waals surface area contributed by atoms with E-state index in [9.17, 15) is 26.9 Å². The van der Waals surface area contributed by atoms with Crippen molar-refractivity contribution in [2.75, 3.05) is 5.75 Å². The summed E-state index contributed by atoms with van der Waals surface area (Å²) < 4.78 is 64.7. The second kappa shape index (κ2) is 7.15. The van der Waals surface area contributed by atoms with E-state index in [0.717, 1.165) is 6.20 Å². The van der Waals surface area contributed by atoms with Gasteiger partial charge in [-0.1, -0.05) is 18.5 Å². The van der Waals surface area contributed by atoms with E-state index in [1.165, 1.54) is 30.8 Å². The molecule has 0 aliphatic heterocycles. The lowest BCUT2D eigenvalue weighted by Crippen LogP contribution is -2.12. The summed E-state index contributed by atoms with van der Waals surface area (Å²) in [6.45, 7) is 1.47. The van der Waals surface area contributed by atoms with Crippen molar-refractivity contribution in [1.29, 1.82) is 5.26 Å². The number of nitriles is 1. The van der Waals surface area contributed by atoms with E-state index in [1.807, 2.05) is 0 Å². The van der Waals surface area contributed by atoms with Crippen LogP contribution in [0.2, 0.25) is 0 Å². The van der Waals surface area contributed by atoms with Gasteiger partial charge in [0.2, 0.25) is 0 Å². The number of nitrogens with zero attached hydrogens (tertiary/aromatic N) is 4. The fourth-order valence-electron chi connectivity index (χ4n) is 2.85. The van der Waals surface area contributed by atoms with E-state index in [2.05, 4.69) is 16.0 Å². The van der Waals surface area contributed by atoms with E-state index in [1.54, 1.807) is 0 Å². The zero-order valence-electron chi connectivity index (χ0n) is 15.5. The highest BCUT2D eigenvalue weighted by atomic mass is 35.5. The summed E-state index contributed by atoms with van der Waals surface area (Å²) in [5.41, 5.74) is -0.192. The van der Waals surface area contributed by atoms with Gasteiger partial charge in [-0.3, -0.25) is 4.98 Å². The Morgan fingerprint density at radius 3 is 2.55 bits per heavy atom. The van der Waals surface area contributed by atoms with Gasteiger partial charge < -0.3 is 4.57 Å². The van der Waals surface area contributed by atoms with Gasteiger partial charge in [0.1, 0.15) is 10.7 Å². The predicted molar refractivity (Wildman–Crippen MR) is 101 cm³/mol. The van der Waals surface area contributed by atoms with Gasteiger partial charge in [0.25, 0.3) is 0 Å². The van der Waals surface area contributed by atoms with Gasteiger partial charge in [-0.15, -0.1) is 0 Å². The van der Waals surface area contributed by atoms with Crippen LogP contribution in [0.1, 0.15) is 31.0 Å². The van der Waals surface area contributed by atoms with Crippen molar-refractivity contribution in [3.63, 3.8) is 0 Å². The Bertz CT molecular complexity index is 1140. The molecular weight excluding hydrogens is 429 g/mol. The minimum Gasteiger partial charge on any atom is -0.326 e. The zero-order valence-corrected chi connectivity index (χ0v) is 17.0. The monoisotopic (exact) mass is 444 g/mol. The lowest BCUT2D eigenvalue weighted by atomic mass is 9.99. The standard InChI is InChI=1S/C18H16ClF3N4O2S/c1-3-29(27,28)13-6-11(17(10-23)4-5-17)8-24-15(13)16-25-9-12(26(16)2)7-14(19)18(20,21)22/h6-9H,3-5H2,1-2H3/b14-7-. The maximum Gasteiger partial charge on any atom is 0.427 e. The first kappa shape index (κ1) is 21.3. The molecule has 2 heterocycles. The highest BCUT2D eigenvalue weighted by molar-refractivity contribution is 7.91. The van der Waals surface area contributed by atoms with Crippen LogP contribution in [-0.2, 0) is 22.3 Å². The Morgan fingerprint density at radius 2 is 2.03 bits per heavy atom. The molecule has 29 heavy (non-hydrogen) atoms. The van der Waals surface area contributed by atoms with Crippen molar-refractivity contribution >= 4 is 27.5 Å². The van der Waals surface area contributed by atoms with E-state index in [4.69, 9.17) is 11.6 Å². The van der Waals surface area contributed by atoms with E-state index >= 15 is 0 Å². The van der Waals surface area contributed by atoms with E-state index in [-0.39, 0.29) is 27.9 Å². The molecule has 1 aliphatic carbocycles. The summed E-state index contributed by atoms with van der Waals surface area (Å²) in [5, 5.41) is 8.06. The number of imidazole rings is 1. The third-order valence-corrected chi connectivity index (χ3v) is 6.93. The number of allylic oxidation sites excluding steroid dienone is 1. The largest absolute Gasteiger partial charge is 0.427 e.